The van der Waals surface area contributed by atoms with Gasteiger partial charge in [-0.05, 0) is 26.0 Å². The Kier molecular flexibility index (Phi) is 2.88. The van der Waals surface area contributed by atoms with E-state index in [1.165, 1.54) is 11.0 Å². The zero-order valence-electron chi connectivity index (χ0n) is 10.3. The molecule has 1 aliphatic heterocycles. The first-order valence-corrected chi connectivity index (χ1v) is 5.65. The third-order valence-corrected chi connectivity index (χ3v) is 3.22. The number of amides is 1. The Morgan fingerprint density at radius 1 is 1.39 bits per heavy atom. The van der Waals surface area contributed by atoms with E-state index in [1.54, 1.807) is 13.8 Å². The summed E-state index contributed by atoms with van der Waals surface area (Å²) < 4.78 is 27.2. The zero-order valence-corrected chi connectivity index (χ0v) is 10.3. The van der Waals surface area contributed by atoms with E-state index in [1.807, 2.05) is 0 Å². The largest absolute Gasteiger partial charge is 0.397 e. The number of halogens is 2. The molecule has 0 spiro atoms. The summed E-state index contributed by atoms with van der Waals surface area (Å²) in [5.74, 6) is -2.23. The number of carbonyl (C=O) groups is 1. The molecule has 6 heteroatoms. The first-order valence-electron chi connectivity index (χ1n) is 5.65. The molecule has 0 bridgehead atoms. The van der Waals surface area contributed by atoms with Crippen LogP contribution in [0.3, 0.4) is 0 Å². The predicted octanol–water partition coefficient (Wildman–Crippen LogP) is 1.26. The van der Waals surface area contributed by atoms with Crippen LogP contribution in [0, 0.1) is 11.6 Å². The van der Waals surface area contributed by atoms with Crippen LogP contribution in [-0.4, -0.2) is 24.5 Å². The Morgan fingerprint density at radius 2 is 2.06 bits per heavy atom. The van der Waals surface area contributed by atoms with Gasteiger partial charge in [0.1, 0.15) is 11.2 Å². The van der Waals surface area contributed by atoms with Gasteiger partial charge in [0.15, 0.2) is 11.6 Å². The number of nitrogens with zero attached hydrogens (tertiary/aromatic N) is 1. The summed E-state index contributed by atoms with van der Waals surface area (Å²) in [5.41, 5.74) is 4.81. The van der Waals surface area contributed by atoms with Gasteiger partial charge in [0.05, 0.1) is 5.69 Å². The average Bonchev–Trinajstić information content (AvgIpc) is 2.30. The van der Waals surface area contributed by atoms with Gasteiger partial charge < -0.3 is 16.0 Å². The molecule has 18 heavy (non-hydrogen) atoms. The summed E-state index contributed by atoms with van der Waals surface area (Å²) in [7, 11) is 0. The first kappa shape index (κ1) is 12.6. The summed E-state index contributed by atoms with van der Waals surface area (Å²) in [5, 5.41) is 2.69. The number of rotatable bonds is 1. The van der Waals surface area contributed by atoms with Crippen LogP contribution in [0.4, 0.5) is 20.2 Å². The van der Waals surface area contributed by atoms with Crippen LogP contribution in [-0.2, 0) is 4.79 Å². The van der Waals surface area contributed by atoms with E-state index >= 15 is 0 Å². The minimum atomic E-state index is -1.02. The van der Waals surface area contributed by atoms with Gasteiger partial charge in [-0.3, -0.25) is 4.79 Å². The fraction of sp³-hybridized carbons (Fsp3) is 0.417. The Hall–Kier alpha value is -1.85. The molecule has 1 heterocycles. The van der Waals surface area contributed by atoms with Gasteiger partial charge in [0, 0.05) is 13.1 Å². The maximum atomic E-state index is 13.9. The van der Waals surface area contributed by atoms with E-state index in [4.69, 9.17) is 5.73 Å². The molecule has 3 N–H and O–H groups in total. The van der Waals surface area contributed by atoms with Crippen LogP contribution >= 0.6 is 0 Å². The quantitative estimate of drug-likeness (QED) is 0.743. The number of carbonyl (C=O) groups excluding carboxylic acids is 1. The summed E-state index contributed by atoms with van der Waals surface area (Å²) in [6, 6.07) is 2.28. The molecule has 0 radical (unpaired) electrons. The second-order valence-corrected chi connectivity index (χ2v) is 4.77. The Morgan fingerprint density at radius 3 is 2.72 bits per heavy atom. The Bertz CT molecular complexity index is 502. The van der Waals surface area contributed by atoms with Crippen molar-refractivity contribution in [3.8, 4) is 0 Å². The molecule has 1 aromatic rings. The van der Waals surface area contributed by atoms with Crippen LogP contribution in [0.15, 0.2) is 12.1 Å². The topological polar surface area (TPSA) is 58.4 Å². The van der Waals surface area contributed by atoms with Crippen molar-refractivity contribution in [3.05, 3.63) is 23.8 Å². The van der Waals surface area contributed by atoms with Crippen molar-refractivity contribution < 1.29 is 13.6 Å². The number of hydrogen-bond acceptors (Lipinski definition) is 3. The summed E-state index contributed by atoms with van der Waals surface area (Å²) >= 11 is 0. The molecular formula is C12H15F2N3O. The highest BCUT2D eigenvalue weighted by molar-refractivity contribution is 5.91. The fourth-order valence-corrected chi connectivity index (χ4v) is 2.12. The second kappa shape index (κ2) is 4.12. The lowest BCUT2D eigenvalue weighted by atomic mass is 9.97. The van der Waals surface area contributed by atoms with Crippen molar-refractivity contribution >= 4 is 17.3 Å². The molecule has 1 fully saturated rings. The normalized spacial score (nSPS) is 18.7. The number of nitrogens with one attached hydrogen (secondary N) is 1. The molecule has 0 aromatic heterocycles. The van der Waals surface area contributed by atoms with Gasteiger partial charge >= 0.3 is 0 Å². The van der Waals surface area contributed by atoms with Crippen molar-refractivity contribution in [3.63, 3.8) is 0 Å². The van der Waals surface area contributed by atoms with Gasteiger partial charge in [0.25, 0.3) is 0 Å². The maximum Gasteiger partial charge on any atom is 0.245 e. The number of hydrogen-bond donors (Lipinski definition) is 2. The Balaban J connectivity index is 2.54. The Labute approximate surface area is 104 Å². The lowest BCUT2D eigenvalue weighted by molar-refractivity contribution is -0.126. The van der Waals surface area contributed by atoms with Gasteiger partial charge in [-0.1, -0.05) is 0 Å². The standard InChI is InChI=1S/C12H15F2N3O/c1-12(2)11(18)16-5-6-17(12)10-8(15)4-3-7(13)9(10)14/h3-4H,5-6,15H2,1-2H3,(H,16,18). The van der Waals surface area contributed by atoms with Crippen LogP contribution in [0.5, 0.6) is 0 Å². The highest BCUT2D eigenvalue weighted by atomic mass is 19.2. The predicted molar refractivity (Wildman–Crippen MR) is 65.2 cm³/mol. The molecule has 0 unspecified atom stereocenters. The second-order valence-electron chi connectivity index (χ2n) is 4.77. The van der Waals surface area contributed by atoms with Crippen molar-refractivity contribution in [2.24, 2.45) is 0 Å². The third kappa shape index (κ3) is 1.77. The third-order valence-electron chi connectivity index (χ3n) is 3.22. The molecule has 0 aliphatic carbocycles. The van der Waals surface area contributed by atoms with Crippen LogP contribution in [0.25, 0.3) is 0 Å². The highest BCUT2D eigenvalue weighted by Crippen LogP contribution is 2.34. The van der Waals surface area contributed by atoms with Gasteiger partial charge in [-0.2, -0.15) is 0 Å². The molecular weight excluding hydrogens is 240 g/mol. The fourth-order valence-electron chi connectivity index (χ4n) is 2.12. The summed E-state index contributed by atoms with van der Waals surface area (Å²) in [6.07, 6.45) is 0. The number of piperazine rings is 1. The first-order chi connectivity index (χ1) is 8.35. The summed E-state index contributed by atoms with van der Waals surface area (Å²) in [4.78, 5) is 13.3. The SMILES string of the molecule is CC1(C)C(=O)NCCN1c1c(N)ccc(F)c1F. The van der Waals surface area contributed by atoms with Crippen molar-refractivity contribution in [2.45, 2.75) is 19.4 Å². The number of benzene rings is 1. The zero-order chi connectivity index (χ0) is 13.5. The summed E-state index contributed by atoms with van der Waals surface area (Å²) in [6.45, 7) is 4.04. The van der Waals surface area contributed by atoms with Crippen molar-refractivity contribution in [2.75, 3.05) is 23.7 Å². The van der Waals surface area contributed by atoms with E-state index < -0.39 is 17.2 Å². The van der Waals surface area contributed by atoms with Gasteiger partial charge in [-0.15, -0.1) is 0 Å². The molecule has 0 atom stereocenters. The lowest BCUT2D eigenvalue weighted by Crippen LogP contribution is -2.62. The van der Waals surface area contributed by atoms with E-state index in [0.29, 0.717) is 13.1 Å². The van der Waals surface area contributed by atoms with Crippen LogP contribution < -0.4 is 16.0 Å². The highest BCUT2D eigenvalue weighted by Gasteiger charge is 2.40. The molecule has 1 amide bonds. The number of nitrogens with two attached hydrogens (primary N) is 1. The number of anilines is 2. The monoisotopic (exact) mass is 255 g/mol. The minimum absolute atomic E-state index is 0.0464. The molecule has 1 aromatic carbocycles. The number of nitrogen functional groups attached to an aromatic ring is 1. The van der Waals surface area contributed by atoms with E-state index in [2.05, 4.69) is 5.32 Å². The molecule has 1 aliphatic rings. The van der Waals surface area contributed by atoms with E-state index in [0.717, 1.165) is 6.07 Å². The molecule has 0 saturated carbocycles. The lowest BCUT2D eigenvalue weighted by Gasteiger charge is -2.43. The average molecular weight is 255 g/mol. The van der Waals surface area contributed by atoms with Crippen LogP contribution in [0.1, 0.15) is 13.8 Å². The molecule has 98 valence electrons. The molecule has 1 saturated heterocycles. The van der Waals surface area contributed by atoms with E-state index in [-0.39, 0.29) is 17.3 Å². The molecule has 4 nitrogen and oxygen atoms in total. The minimum Gasteiger partial charge on any atom is -0.397 e. The molecule has 2 rings (SSSR count). The van der Waals surface area contributed by atoms with E-state index in [9.17, 15) is 13.6 Å². The van der Waals surface area contributed by atoms with Crippen molar-refractivity contribution in [1.82, 2.24) is 5.32 Å². The van der Waals surface area contributed by atoms with Crippen molar-refractivity contribution in [1.29, 1.82) is 0 Å². The van der Waals surface area contributed by atoms with Gasteiger partial charge in [0.2, 0.25) is 5.91 Å². The maximum absolute atomic E-state index is 13.9. The smallest absolute Gasteiger partial charge is 0.245 e. The van der Waals surface area contributed by atoms with Gasteiger partial charge in [-0.25, -0.2) is 8.78 Å². The van der Waals surface area contributed by atoms with Crippen LogP contribution in [0.2, 0.25) is 0 Å².